The highest BCUT2D eigenvalue weighted by atomic mass is 32.2. The van der Waals surface area contributed by atoms with Gasteiger partial charge in [-0.05, 0) is 48.2 Å². The Morgan fingerprint density at radius 1 is 0.927 bits per heavy atom. The van der Waals surface area contributed by atoms with E-state index in [1.807, 2.05) is 37.3 Å². The van der Waals surface area contributed by atoms with Gasteiger partial charge < -0.3 is 10.2 Å². The van der Waals surface area contributed by atoms with Gasteiger partial charge in [0.15, 0.2) is 0 Å². The zero-order chi connectivity index (χ0) is 29.4. The van der Waals surface area contributed by atoms with Crippen molar-refractivity contribution >= 4 is 27.7 Å². The molecule has 1 atom stereocenters. The van der Waals surface area contributed by atoms with E-state index in [1.54, 1.807) is 24.3 Å². The number of fused-ring (bicyclic) bond motifs is 1. The van der Waals surface area contributed by atoms with Crippen LogP contribution in [0.5, 0.6) is 0 Å². The molecule has 3 aromatic rings. The fourth-order valence-corrected chi connectivity index (χ4v) is 6.42. The summed E-state index contributed by atoms with van der Waals surface area (Å²) in [6.07, 6.45) is 1.93. The van der Waals surface area contributed by atoms with Crippen molar-refractivity contribution in [2.75, 3.05) is 13.1 Å². The van der Waals surface area contributed by atoms with Crippen molar-refractivity contribution in [1.82, 2.24) is 14.5 Å². The van der Waals surface area contributed by atoms with E-state index in [9.17, 15) is 27.2 Å². The zero-order valence-electron chi connectivity index (χ0n) is 23.0. The zero-order valence-corrected chi connectivity index (χ0v) is 23.8. The average Bonchev–Trinajstić information content (AvgIpc) is 3.17. The van der Waals surface area contributed by atoms with Crippen LogP contribution >= 0.6 is 0 Å². The summed E-state index contributed by atoms with van der Waals surface area (Å²) in [6, 6.07) is 20.3. The Balaban J connectivity index is 1.55. The number of nitrogens with zero attached hydrogens (tertiary/aromatic N) is 2. The highest BCUT2D eigenvalue weighted by molar-refractivity contribution is 7.90. The number of halogens is 1. The summed E-state index contributed by atoms with van der Waals surface area (Å²) in [6.45, 7) is 2.37. The summed E-state index contributed by atoms with van der Waals surface area (Å²) in [5.74, 6) is -1.70. The fourth-order valence-electron chi connectivity index (χ4n) is 4.82. The lowest BCUT2D eigenvalue weighted by Gasteiger charge is -2.32. The first-order valence-electron chi connectivity index (χ1n) is 13.7. The monoisotopic (exact) mass is 579 g/mol. The molecule has 3 amide bonds. The first-order valence-corrected chi connectivity index (χ1v) is 15.2. The third-order valence-corrected chi connectivity index (χ3v) is 8.87. The Morgan fingerprint density at radius 2 is 1.61 bits per heavy atom. The maximum Gasteiger partial charge on any atom is 0.269 e. The minimum absolute atomic E-state index is 0.0408. The van der Waals surface area contributed by atoms with E-state index in [0.29, 0.717) is 12.1 Å². The summed E-state index contributed by atoms with van der Waals surface area (Å²) in [5, 5.41) is 2.94. The highest BCUT2D eigenvalue weighted by Crippen LogP contribution is 2.30. The number of sulfonamides is 1. The third kappa shape index (κ3) is 7.18. The maximum atomic E-state index is 13.7. The number of rotatable bonds is 13. The summed E-state index contributed by atoms with van der Waals surface area (Å²) in [5.41, 5.74) is 1.63. The molecule has 216 valence electrons. The molecule has 0 aliphatic carbocycles. The molecule has 0 radical (unpaired) electrons. The van der Waals surface area contributed by atoms with E-state index in [1.165, 1.54) is 29.2 Å². The van der Waals surface area contributed by atoms with Gasteiger partial charge in [0.1, 0.15) is 16.8 Å². The van der Waals surface area contributed by atoms with Crippen LogP contribution in [-0.2, 0) is 32.6 Å². The quantitative estimate of drug-likeness (QED) is 0.304. The molecule has 0 saturated carbocycles. The molecule has 0 aromatic heterocycles. The number of unbranched alkanes of at least 4 members (excludes halogenated alkanes) is 1. The molecule has 3 aromatic carbocycles. The van der Waals surface area contributed by atoms with Crippen LogP contribution in [0.4, 0.5) is 4.39 Å². The molecule has 1 aliphatic rings. The molecule has 8 nitrogen and oxygen atoms in total. The number of hydrogen-bond acceptors (Lipinski definition) is 5. The van der Waals surface area contributed by atoms with Gasteiger partial charge in [-0.2, -0.15) is 0 Å². The minimum Gasteiger partial charge on any atom is -0.354 e. The van der Waals surface area contributed by atoms with Gasteiger partial charge >= 0.3 is 0 Å². The molecule has 0 bridgehead atoms. The molecule has 0 unspecified atom stereocenters. The van der Waals surface area contributed by atoms with Crippen LogP contribution in [0, 0.1) is 5.82 Å². The van der Waals surface area contributed by atoms with E-state index >= 15 is 0 Å². The van der Waals surface area contributed by atoms with Crippen LogP contribution in [0.25, 0.3) is 0 Å². The number of hydrogen-bond donors (Lipinski definition) is 1. The first kappa shape index (κ1) is 29.9. The Hall–Kier alpha value is -4.05. The SMILES string of the molecule is CCCCNC(=O)[C@H](Cc1ccccc1)N(Cc1ccc(F)cc1)C(=O)CCCN1C(=O)c2ccccc2S1(=O)=O. The van der Waals surface area contributed by atoms with Gasteiger partial charge in [0.25, 0.3) is 15.9 Å². The van der Waals surface area contributed by atoms with Crippen LogP contribution in [0.2, 0.25) is 0 Å². The molecule has 1 aliphatic heterocycles. The van der Waals surface area contributed by atoms with Crippen LogP contribution < -0.4 is 5.32 Å². The fraction of sp³-hybridized carbons (Fsp3) is 0.323. The van der Waals surface area contributed by atoms with Crippen LogP contribution in [0.15, 0.2) is 83.8 Å². The number of carbonyl (C=O) groups excluding carboxylic acids is 3. The molecule has 4 rings (SSSR count). The van der Waals surface area contributed by atoms with E-state index in [-0.39, 0.29) is 54.6 Å². The lowest BCUT2D eigenvalue weighted by molar-refractivity contribution is -0.141. The van der Waals surface area contributed by atoms with Crippen LogP contribution in [0.3, 0.4) is 0 Å². The van der Waals surface area contributed by atoms with Crippen molar-refractivity contribution in [3.63, 3.8) is 0 Å². The predicted octanol–water partition coefficient (Wildman–Crippen LogP) is 4.31. The smallest absolute Gasteiger partial charge is 0.269 e. The minimum atomic E-state index is -3.99. The molecular formula is C31H34FN3O5S. The van der Waals surface area contributed by atoms with E-state index < -0.39 is 27.8 Å². The van der Waals surface area contributed by atoms with Gasteiger partial charge in [0.2, 0.25) is 11.8 Å². The van der Waals surface area contributed by atoms with Gasteiger partial charge in [0.05, 0.1) is 5.56 Å². The summed E-state index contributed by atoms with van der Waals surface area (Å²) >= 11 is 0. The maximum absolute atomic E-state index is 13.7. The van der Waals surface area contributed by atoms with Gasteiger partial charge in [-0.3, -0.25) is 14.4 Å². The second-order valence-electron chi connectivity index (χ2n) is 9.98. The highest BCUT2D eigenvalue weighted by Gasteiger charge is 2.40. The molecule has 1 N–H and O–H groups in total. The lowest BCUT2D eigenvalue weighted by Crippen LogP contribution is -2.50. The summed E-state index contributed by atoms with van der Waals surface area (Å²) in [7, 11) is -3.99. The Labute approximate surface area is 240 Å². The number of nitrogens with one attached hydrogen (secondary N) is 1. The largest absolute Gasteiger partial charge is 0.354 e. The number of amides is 3. The predicted molar refractivity (Wildman–Crippen MR) is 153 cm³/mol. The first-order chi connectivity index (χ1) is 19.7. The van der Waals surface area contributed by atoms with Gasteiger partial charge in [-0.25, -0.2) is 17.1 Å². The van der Waals surface area contributed by atoms with Crippen LogP contribution in [-0.4, -0.2) is 54.5 Å². The normalized spacial score (nSPS) is 14.4. The topological polar surface area (TPSA) is 104 Å². The molecule has 0 fully saturated rings. The van der Waals surface area contributed by atoms with Crippen molar-refractivity contribution in [2.45, 2.75) is 56.5 Å². The van der Waals surface area contributed by atoms with Gasteiger partial charge in [-0.1, -0.05) is 67.9 Å². The standard InChI is InChI=1S/C31H34FN3O5S/c1-2-3-19-33-30(37)27(21-23-10-5-4-6-11-23)34(22-24-15-17-25(32)18-16-24)29(36)14-9-20-35-31(38)26-12-7-8-13-28(26)41(35,39)40/h4-8,10-13,15-18,27H,2-3,9,14,19-22H2,1H3,(H,33,37)/t27-/m0/s1. The van der Waals surface area contributed by atoms with Crippen molar-refractivity contribution < 1.29 is 27.2 Å². The van der Waals surface area contributed by atoms with Gasteiger partial charge in [0, 0.05) is 32.5 Å². The summed E-state index contributed by atoms with van der Waals surface area (Å²) in [4.78, 5) is 41.4. The molecule has 0 saturated heterocycles. The summed E-state index contributed by atoms with van der Waals surface area (Å²) < 4.78 is 40.3. The number of carbonyl (C=O) groups is 3. The Morgan fingerprint density at radius 3 is 2.29 bits per heavy atom. The molecule has 10 heteroatoms. The Bertz CT molecular complexity index is 1480. The van der Waals surface area contributed by atoms with Crippen LogP contribution in [0.1, 0.15) is 54.1 Å². The van der Waals surface area contributed by atoms with E-state index in [2.05, 4.69) is 5.32 Å². The van der Waals surface area contributed by atoms with Gasteiger partial charge in [-0.15, -0.1) is 0 Å². The van der Waals surface area contributed by atoms with E-state index in [0.717, 1.165) is 22.7 Å². The molecular weight excluding hydrogens is 545 g/mol. The molecule has 41 heavy (non-hydrogen) atoms. The number of benzene rings is 3. The third-order valence-electron chi connectivity index (χ3n) is 7.03. The molecule has 1 heterocycles. The van der Waals surface area contributed by atoms with Crippen molar-refractivity contribution in [1.29, 1.82) is 0 Å². The second-order valence-corrected chi connectivity index (χ2v) is 11.8. The lowest BCUT2D eigenvalue weighted by atomic mass is 10.0. The van der Waals surface area contributed by atoms with Crippen molar-refractivity contribution in [2.24, 2.45) is 0 Å². The van der Waals surface area contributed by atoms with Crippen molar-refractivity contribution in [3.05, 3.63) is 101 Å². The second kappa shape index (κ2) is 13.5. The molecule has 0 spiro atoms. The average molecular weight is 580 g/mol. The Kier molecular flexibility index (Phi) is 9.88. The van der Waals surface area contributed by atoms with E-state index in [4.69, 9.17) is 0 Å². The van der Waals surface area contributed by atoms with Crippen molar-refractivity contribution in [3.8, 4) is 0 Å².